The van der Waals surface area contributed by atoms with Gasteiger partial charge in [-0.3, -0.25) is 0 Å². The third-order valence-corrected chi connectivity index (χ3v) is 6.41. The molecule has 0 saturated heterocycles. The summed E-state index contributed by atoms with van der Waals surface area (Å²) in [6.07, 6.45) is 0.888. The van der Waals surface area contributed by atoms with Gasteiger partial charge in [0.1, 0.15) is 4.90 Å². The number of nitrogens with one attached hydrogen (secondary N) is 1. The SMILES string of the molecule is C[C@H]1c2cc(-c3ccc(Br)c(F)c3S(=O)(=O)NF)ccc2CC[C@@H]1O. The molecule has 25 heavy (non-hydrogen) atoms. The quantitative estimate of drug-likeness (QED) is 0.725. The zero-order valence-electron chi connectivity index (χ0n) is 13.3. The fourth-order valence-electron chi connectivity index (χ4n) is 3.24. The summed E-state index contributed by atoms with van der Waals surface area (Å²) in [6, 6.07) is 8.06. The van der Waals surface area contributed by atoms with Crippen molar-refractivity contribution in [3.05, 3.63) is 51.7 Å². The summed E-state index contributed by atoms with van der Waals surface area (Å²) in [5.74, 6) is -1.18. The molecule has 0 saturated carbocycles. The van der Waals surface area contributed by atoms with Gasteiger partial charge in [0.05, 0.1) is 10.6 Å². The average molecular weight is 432 g/mol. The third kappa shape index (κ3) is 3.23. The Hall–Kier alpha value is -1.35. The maximum absolute atomic E-state index is 14.4. The lowest BCUT2D eigenvalue weighted by molar-refractivity contribution is 0.132. The molecule has 0 amide bonds. The van der Waals surface area contributed by atoms with Crippen LogP contribution < -0.4 is 4.94 Å². The Balaban J connectivity index is 2.23. The van der Waals surface area contributed by atoms with Crippen molar-refractivity contribution >= 4 is 26.0 Å². The van der Waals surface area contributed by atoms with Gasteiger partial charge in [-0.05, 0) is 56.5 Å². The van der Waals surface area contributed by atoms with Gasteiger partial charge in [0.25, 0.3) is 10.0 Å². The van der Waals surface area contributed by atoms with Crippen molar-refractivity contribution in [3.63, 3.8) is 0 Å². The van der Waals surface area contributed by atoms with Gasteiger partial charge in [-0.25, -0.2) is 12.8 Å². The number of benzene rings is 2. The van der Waals surface area contributed by atoms with Crippen LogP contribution >= 0.6 is 15.9 Å². The highest BCUT2D eigenvalue weighted by atomic mass is 79.9. The summed E-state index contributed by atoms with van der Waals surface area (Å²) >= 11 is 2.93. The zero-order chi connectivity index (χ0) is 18.4. The van der Waals surface area contributed by atoms with Crippen LogP contribution in [0.25, 0.3) is 11.1 Å². The number of aliphatic hydroxyl groups is 1. The van der Waals surface area contributed by atoms with Gasteiger partial charge in [0, 0.05) is 11.5 Å². The molecule has 0 aliphatic heterocycles. The lowest BCUT2D eigenvalue weighted by atomic mass is 9.80. The van der Waals surface area contributed by atoms with Crippen LogP contribution in [-0.2, 0) is 16.4 Å². The molecule has 2 atom stereocenters. The van der Waals surface area contributed by atoms with Gasteiger partial charge in [-0.2, -0.15) is 0 Å². The standard InChI is InChI=1S/C17H16BrF2NO3S/c1-9-13-8-11(3-2-10(13)4-7-15(9)22)12-5-6-14(18)16(19)17(12)25(23,24)21-20/h2-3,5-6,8-9,15,21-22H,4,7H2,1H3/t9-,15-/m0/s1. The predicted molar refractivity (Wildman–Crippen MR) is 93.7 cm³/mol. The second-order valence-corrected chi connectivity index (χ2v) is 8.55. The molecule has 0 fully saturated rings. The zero-order valence-corrected chi connectivity index (χ0v) is 15.7. The predicted octanol–water partition coefficient (Wildman–Crippen LogP) is 3.83. The van der Waals surface area contributed by atoms with Crippen molar-refractivity contribution in [3.8, 4) is 11.1 Å². The molecule has 3 rings (SSSR count). The molecular weight excluding hydrogens is 416 g/mol. The first-order valence-corrected chi connectivity index (χ1v) is 9.95. The molecule has 134 valence electrons. The minimum absolute atomic E-state index is 0.0564. The molecule has 0 unspecified atom stereocenters. The van der Waals surface area contributed by atoms with Crippen molar-refractivity contribution in [2.24, 2.45) is 0 Å². The van der Waals surface area contributed by atoms with Crippen molar-refractivity contribution in [2.45, 2.75) is 36.7 Å². The maximum atomic E-state index is 14.4. The van der Waals surface area contributed by atoms with Gasteiger partial charge in [0.15, 0.2) is 5.82 Å². The first-order valence-electron chi connectivity index (χ1n) is 7.68. The summed E-state index contributed by atoms with van der Waals surface area (Å²) in [4.78, 5) is -0.0708. The summed E-state index contributed by atoms with van der Waals surface area (Å²) in [5.41, 5.74) is 2.45. The summed E-state index contributed by atoms with van der Waals surface area (Å²) in [6.45, 7) is 1.88. The summed E-state index contributed by atoms with van der Waals surface area (Å²) in [5, 5.41) is 10.1. The largest absolute Gasteiger partial charge is 0.392 e. The number of aryl methyl sites for hydroxylation is 1. The number of sulfonamides is 1. The van der Waals surface area contributed by atoms with Crippen LogP contribution in [0, 0.1) is 5.82 Å². The van der Waals surface area contributed by atoms with Crippen LogP contribution in [0.2, 0.25) is 0 Å². The van der Waals surface area contributed by atoms with Crippen molar-refractivity contribution < 1.29 is 22.4 Å². The van der Waals surface area contributed by atoms with E-state index in [1.165, 1.54) is 12.1 Å². The second-order valence-electron chi connectivity index (χ2n) is 6.13. The van der Waals surface area contributed by atoms with Crippen LogP contribution in [0.3, 0.4) is 0 Å². The Labute approximate surface area is 153 Å². The van der Waals surface area contributed by atoms with E-state index in [9.17, 15) is 22.4 Å². The highest BCUT2D eigenvalue weighted by Gasteiger charge is 2.28. The van der Waals surface area contributed by atoms with E-state index in [2.05, 4.69) is 15.9 Å². The number of rotatable bonds is 3. The average Bonchev–Trinajstić information content (AvgIpc) is 2.60. The molecule has 0 spiro atoms. The molecule has 4 nitrogen and oxygen atoms in total. The molecule has 2 aromatic carbocycles. The van der Waals surface area contributed by atoms with E-state index in [-0.39, 0.29) is 16.0 Å². The Morgan fingerprint density at radius 1 is 1.28 bits per heavy atom. The number of halogens is 3. The normalized spacial score (nSPS) is 20.4. The molecule has 2 N–H and O–H groups in total. The second kappa shape index (κ2) is 6.75. The fourth-order valence-corrected chi connectivity index (χ4v) is 4.60. The first kappa shape index (κ1) is 18.4. The van der Waals surface area contributed by atoms with E-state index in [0.717, 1.165) is 11.1 Å². The number of hydrogen-bond acceptors (Lipinski definition) is 3. The molecule has 0 heterocycles. The smallest absolute Gasteiger partial charge is 0.270 e. The minimum Gasteiger partial charge on any atom is -0.392 e. The molecule has 1 aliphatic rings. The summed E-state index contributed by atoms with van der Waals surface area (Å²) < 4.78 is 51.1. The minimum atomic E-state index is -4.65. The Morgan fingerprint density at radius 2 is 2.00 bits per heavy atom. The number of hydrogen-bond donors (Lipinski definition) is 2. The molecule has 2 aromatic rings. The Morgan fingerprint density at radius 3 is 2.68 bits per heavy atom. The molecule has 0 bridgehead atoms. The van der Waals surface area contributed by atoms with Crippen molar-refractivity contribution in [2.75, 3.05) is 0 Å². The van der Waals surface area contributed by atoms with Crippen LogP contribution in [0.15, 0.2) is 39.7 Å². The molecule has 8 heteroatoms. The van der Waals surface area contributed by atoms with E-state index in [0.29, 0.717) is 23.3 Å². The maximum Gasteiger partial charge on any atom is 0.270 e. The molecule has 1 aliphatic carbocycles. The number of aliphatic hydroxyl groups excluding tert-OH is 1. The van der Waals surface area contributed by atoms with Gasteiger partial charge < -0.3 is 5.11 Å². The highest BCUT2D eigenvalue weighted by molar-refractivity contribution is 9.10. The lowest BCUT2D eigenvalue weighted by Crippen LogP contribution is -2.23. The van der Waals surface area contributed by atoms with Gasteiger partial charge in [-0.15, -0.1) is 4.48 Å². The van der Waals surface area contributed by atoms with E-state index >= 15 is 0 Å². The van der Waals surface area contributed by atoms with Crippen LogP contribution in [0.5, 0.6) is 0 Å². The van der Waals surface area contributed by atoms with Gasteiger partial charge in [0.2, 0.25) is 0 Å². The fraction of sp³-hybridized carbons (Fsp3) is 0.294. The van der Waals surface area contributed by atoms with Crippen LogP contribution in [0.4, 0.5) is 8.87 Å². The first-order chi connectivity index (χ1) is 11.8. The van der Waals surface area contributed by atoms with Gasteiger partial charge in [-0.1, -0.05) is 31.2 Å². The molecule has 0 radical (unpaired) electrons. The summed E-state index contributed by atoms with van der Waals surface area (Å²) in [7, 11) is -4.65. The van der Waals surface area contributed by atoms with E-state index in [1.807, 2.05) is 13.0 Å². The lowest BCUT2D eigenvalue weighted by Gasteiger charge is -2.28. The third-order valence-electron chi connectivity index (χ3n) is 4.65. The van der Waals surface area contributed by atoms with E-state index < -0.39 is 26.8 Å². The molecule has 0 aromatic heterocycles. The van der Waals surface area contributed by atoms with Crippen LogP contribution in [-0.4, -0.2) is 19.6 Å². The van der Waals surface area contributed by atoms with E-state index in [4.69, 9.17) is 0 Å². The Kier molecular flexibility index (Phi) is 4.98. The molecular formula is C17H16BrF2NO3S. The van der Waals surface area contributed by atoms with E-state index in [1.54, 1.807) is 12.1 Å². The Bertz CT molecular complexity index is 934. The highest BCUT2D eigenvalue weighted by Crippen LogP contribution is 2.38. The monoisotopic (exact) mass is 431 g/mol. The van der Waals surface area contributed by atoms with Crippen LogP contribution in [0.1, 0.15) is 30.4 Å². The number of fused-ring (bicyclic) bond motifs is 1. The van der Waals surface area contributed by atoms with Crippen molar-refractivity contribution in [1.82, 2.24) is 4.94 Å². The van der Waals surface area contributed by atoms with Crippen molar-refractivity contribution in [1.29, 1.82) is 0 Å². The topological polar surface area (TPSA) is 66.4 Å². The van der Waals surface area contributed by atoms with Gasteiger partial charge >= 0.3 is 0 Å².